The van der Waals surface area contributed by atoms with Gasteiger partial charge < -0.3 is 10.3 Å². The van der Waals surface area contributed by atoms with Gasteiger partial charge in [-0.3, -0.25) is 0 Å². The molecule has 1 unspecified atom stereocenters. The lowest BCUT2D eigenvalue weighted by atomic mass is 9.96. The number of H-pyrrole nitrogens is 1. The van der Waals surface area contributed by atoms with Crippen molar-refractivity contribution in [2.24, 2.45) is 5.92 Å². The number of piperidine rings is 1. The van der Waals surface area contributed by atoms with Crippen molar-refractivity contribution in [3.05, 3.63) is 28.5 Å². The molecule has 0 aliphatic carbocycles. The summed E-state index contributed by atoms with van der Waals surface area (Å²) in [5.74, 6) is 1.84. The summed E-state index contributed by atoms with van der Waals surface area (Å²) in [6, 6.07) is 6.15. The minimum atomic E-state index is 0.725. The molecule has 1 aliphatic heterocycles. The lowest BCUT2D eigenvalue weighted by Crippen LogP contribution is -2.31. The number of rotatable bonds is 2. The second-order valence-electron chi connectivity index (χ2n) is 4.74. The number of fused-ring (bicyclic) bond motifs is 1. The van der Waals surface area contributed by atoms with Gasteiger partial charge in [-0.15, -0.1) is 0 Å². The van der Waals surface area contributed by atoms with Crippen molar-refractivity contribution in [1.82, 2.24) is 15.3 Å². The quantitative estimate of drug-likeness (QED) is 0.894. The molecule has 1 aromatic heterocycles. The standard InChI is InChI=1S/C13H16BrN3/c14-10-4-1-5-11-13(10)17-12(16-11)7-9-3-2-6-15-8-9/h1,4-5,9,15H,2-3,6-8H2,(H,16,17). The minimum Gasteiger partial charge on any atom is -0.342 e. The molecule has 17 heavy (non-hydrogen) atoms. The Labute approximate surface area is 109 Å². The predicted octanol–water partition coefficient (Wildman–Crippen LogP) is 2.87. The van der Waals surface area contributed by atoms with Crippen molar-refractivity contribution in [3.63, 3.8) is 0 Å². The molecule has 0 saturated carbocycles. The largest absolute Gasteiger partial charge is 0.342 e. The minimum absolute atomic E-state index is 0.725. The van der Waals surface area contributed by atoms with Crippen LogP contribution in [0, 0.1) is 5.92 Å². The highest BCUT2D eigenvalue weighted by Crippen LogP contribution is 2.23. The van der Waals surface area contributed by atoms with E-state index in [1.807, 2.05) is 12.1 Å². The van der Waals surface area contributed by atoms with Crippen LogP contribution in [0.5, 0.6) is 0 Å². The number of aromatic amines is 1. The summed E-state index contributed by atoms with van der Waals surface area (Å²) in [5, 5.41) is 3.45. The third kappa shape index (κ3) is 2.38. The number of halogens is 1. The van der Waals surface area contributed by atoms with Crippen LogP contribution in [0.2, 0.25) is 0 Å². The number of hydrogen-bond acceptors (Lipinski definition) is 2. The fourth-order valence-corrected chi connectivity index (χ4v) is 2.97. The number of benzene rings is 1. The Hall–Kier alpha value is -0.870. The van der Waals surface area contributed by atoms with Crippen LogP contribution in [0.4, 0.5) is 0 Å². The van der Waals surface area contributed by atoms with Crippen LogP contribution >= 0.6 is 15.9 Å². The number of nitrogens with zero attached hydrogens (tertiary/aromatic N) is 1. The molecular formula is C13H16BrN3. The van der Waals surface area contributed by atoms with Crippen LogP contribution in [0.1, 0.15) is 18.7 Å². The van der Waals surface area contributed by atoms with Crippen LogP contribution in [-0.2, 0) is 6.42 Å². The van der Waals surface area contributed by atoms with E-state index in [1.165, 1.54) is 19.4 Å². The summed E-state index contributed by atoms with van der Waals surface area (Å²) < 4.78 is 1.07. The van der Waals surface area contributed by atoms with E-state index in [1.54, 1.807) is 0 Å². The molecule has 2 N–H and O–H groups in total. The van der Waals surface area contributed by atoms with Gasteiger partial charge in [0.15, 0.2) is 0 Å². The fraction of sp³-hybridized carbons (Fsp3) is 0.462. The van der Waals surface area contributed by atoms with Gasteiger partial charge in [0.25, 0.3) is 0 Å². The van der Waals surface area contributed by atoms with Crippen molar-refractivity contribution >= 4 is 27.0 Å². The van der Waals surface area contributed by atoms with Crippen LogP contribution in [0.3, 0.4) is 0 Å². The lowest BCUT2D eigenvalue weighted by Gasteiger charge is -2.21. The van der Waals surface area contributed by atoms with E-state index in [0.29, 0.717) is 0 Å². The molecule has 2 aromatic rings. The molecule has 0 radical (unpaired) electrons. The third-order valence-electron chi connectivity index (χ3n) is 3.39. The van der Waals surface area contributed by atoms with Gasteiger partial charge in [-0.05, 0) is 59.9 Å². The van der Waals surface area contributed by atoms with Gasteiger partial charge in [-0.2, -0.15) is 0 Å². The highest BCUT2D eigenvalue weighted by Gasteiger charge is 2.15. The van der Waals surface area contributed by atoms with E-state index in [0.717, 1.165) is 40.2 Å². The summed E-state index contributed by atoms with van der Waals surface area (Å²) in [5.41, 5.74) is 2.17. The predicted molar refractivity (Wildman–Crippen MR) is 73.1 cm³/mol. The van der Waals surface area contributed by atoms with E-state index in [9.17, 15) is 0 Å². The van der Waals surface area contributed by atoms with Gasteiger partial charge in [0.05, 0.1) is 5.52 Å². The fourth-order valence-electron chi connectivity index (χ4n) is 2.52. The number of imidazole rings is 1. The Kier molecular flexibility index (Phi) is 3.16. The number of nitrogens with one attached hydrogen (secondary N) is 2. The second-order valence-corrected chi connectivity index (χ2v) is 5.59. The first-order valence-electron chi connectivity index (χ1n) is 6.17. The molecule has 4 heteroatoms. The number of aromatic nitrogens is 2. The Bertz CT molecular complexity index is 514. The van der Waals surface area contributed by atoms with Crippen molar-refractivity contribution in [3.8, 4) is 0 Å². The Balaban J connectivity index is 1.83. The molecular weight excluding hydrogens is 278 g/mol. The van der Waals surface area contributed by atoms with Crippen LogP contribution in [0.25, 0.3) is 11.0 Å². The SMILES string of the molecule is Brc1cccc2[nH]c(CC3CCCNC3)nc12. The summed E-state index contributed by atoms with van der Waals surface area (Å²) >= 11 is 3.54. The second kappa shape index (κ2) is 4.78. The summed E-state index contributed by atoms with van der Waals surface area (Å²) in [6.45, 7) is 2.29. The van der Waals surface area contributed by atoms with E-state index in [-0.39, 0.29) is 0 Å². The average molecular weight is 294 g/mol. The molecule has 2 heterocycles. The zero-order valence-corrected chi connectivity index (χ0v) is 11.3. The zero-order chi connectivity index (χ0) is 11.7. The van der Waals surface area contributed by atoms with Gasteiger partial charge in [0.2, 0.25) is 0 Å². The van der Waals surface area contributed by atoms with Crippen LogP contribution in [-0.4, -0.2) is 23.1 Å². The maximum atomic E-state index is 4.68. The normalized spacial score (nSPS) is 20.9. The summed E-state index contributed by atoms with van der Waals surface area (Å²) in [7, 11) is 0. The van der Waals surface area contributed by atoms with Crippen LogP contribution in [0.15, 0.2) is 22.7 Å². The van der Waals surface area contributed by atoms with Crippen molar-refractivity contribution in [2.75, 3.05) is 13.1 Å². The van der Waals surface area contributed by atoms with Gasteiger partial charge >= 0.3 is 0 Å². The maximum Gasteiger partial charge on any atom is 0.107 e. The van der Waals surface area contributed by atoms with Gasteiger partial charge in [0.1, 0.15) is 11.3 Å². The highest BCUT2D eigenvalue weighted by molar-refractivity contribution is 9.10. The summed E-state index contributed by atoms with van der Waals surface area (Å²) in [6.07, 6.45) is 3.65. The van der Waals surface area contributed by atoms with Crippen LogP contribution < -0.4 is 5.32 Å². The molecule has 1 atom stereocenters. The molecule has 3 nitrogen and oxygen atoms in total. The summed E-state index contributed by atoms with van der Waals surface area (Å²) in [4.78, 5) is 8.09. The van der Waals surface area contributed by atoms with E-state index < -0.39 is 0 Å². The van der Waals surface area contributed by atoms with Crippen molar-refractivity contribution < 1.29 is 0 Å². The zero-order valence-electron chi connectivity index (χ0n) is 9.67. The first-order valence-corrected chi connectivity index (χ1v) is 6.96. The highest BCUT2D eigenvalue weighted by atomic mass is 79.9. The van der Waals surface area contributed by atoms with Gasteiger partial charge in [0, 0.05) is 10.9 Å². The van der Waals surface area contributed by atoms with Crippen molar-refractivity contribution in [2.45, 2.75) is 19.3 Å². The molecule has 1 aliphatic rings. The van der Waals surface area contributed by atoms with E-state index >= 15 is 0 Å². The Morgan fingerprint density at radius 3 is 3.12 bits per heavy atom. The van der Waals surface area contributed by atoms with Crippen molar-refractivity contribution in [1.29, 1.82) is 0 Å². The molecule has 90 valence electrons. The molecule has 1 aromatic carbocycles. The smallest absolute Gasteiger partial charge is 0.107 e. The molecule has 0 spiro atoms. The maximum absolute atomic E-state index is 4.68. The Morgan fingerprint density at radius 1 is 1.41 bits per heavy atom. The first-order chi connectivity index (χ1) is 8.33. The van der Waals surface area contributed by atoms with Gasteiger partial charge in [-0.1, -0.05) is 6.07 Å². The average Bonchev–Trinajstić information content (AvgIpc) is 2.74. The topological polar surface area (TPSA) is 40.7 Å². The lowest BCUT2D eigenvalue weighted by molar-refractivity contribution is 0.371. The molecule has 3 rings (SSSR count). The molecule has 0 bridgehead atoms. The molecule has 1 saturated heterocycles. The molecule has 0 amide bonds. The van der Waals surface area contributed by atoms with Gasteiger partial charge in [-0.25, -0.2) is 4.98 Å². The Morgan fingerprint density at radius 2 is 2.35 bits per heavy atom. The third-order valence-corrected chi connectivity index (χ3v) is 4.03. The number of hydrogen-bond donors (Lipinski definition) is 2. The molecule has 1 fully saturated rings. The van der Waals surface area contributed by atoms with E-state index in [4.69, 9.17) is 0 Å². The number of para-hydroxylation sites is 1. The first kappa shape index (κ1) is 11.2. The monoisotopic (exact) mass is 293 g/mol. The van der Waals surface area contributed by atoms with E-state index in [2.05, 4.69) is 37.3 Å².